The van der Waals surface area contributed by atoms with E-state index in [9.17, 15) is 19.2 Å². The average Bonchev–Trinajstić information content (AvgIpc) is 3.66. The number of anilines is 1. The molecule has 52 heavy (non-hydrogen) atoms. The molecule has 3 aromatic carbocycles. The lowest BCUT2D eigenvalue weighted by Crippen LogP contribution is -2.48. The number of piperidine rings is 1. The molecule has 1 atom stereocenters. The lowest BCUT2D eigenvalue weighted by Gasteiger charge is -2.35. The third kappa shape index (κ3) is 7.12. The summed E-state index contributed by atoms with van der Waals surface area (Å²) >= 11 is 0. The molecule has 0 bridgehead atoms. The lowest BCUT2D eigenvalue weighted by molar-refractivity contribution is -0.134. The van der Waals surface area contributed by atoms with Gasteiger partial charge in [0, 0.05) is 69.0 Å². The Balaban J connectivity index is 0.946. The molecule has 1 unspecified atom stereocenters. The zero-order chi connectivity index (χ0) is 36.4. The molecule has 13 nitrogen and oxygen atoms in total. The second kappa shape index (κ2) is 14.7. The number of hydrogen-bond donors (Lipinski definition) is 3. The van der Waals surface area contributed by atoms with Crippen molar-refractivity contribution in [1.82, 2.24) is 29.9 Å². The third-order valence-corrected chi connectivity index (χ3v) is 9.92. The van der Waals surface area contributed by atoms with Gasteiger partial charge >= 0.3 is 0 Å². The fourth-order valence-corrected chi connectivity index (χ4v) is 6.95. The normalized spacial score (nSPS) is 16.5. The van der Waals surface area contributed by atoms with Crippen LogP contribution in [0.4, 0.5) is 5.69 Å². The van der Waals surface area contributed by atoms with Gasteiger partial charge in [-0.25, -0.2) is 0 Å². The first-order valence-corrected chi connectivity index (χ1v) is 17.3. The van der Waals surface area contributed by atoms with Gasteiger partial charge in [0.2, 0.25) is 17.7 Å². The number of ether oxygens (including phenoxy) is 2. The number of pyridine rings is 1. The topological polar surface area (TPSA) is 151 Å². The molecule has 0 radical (unpaired) electrons. The molecule has 2 aliphatic heterocycles. The summed E-state index contributed by atoms with van der Waals surface area (Å²) < 4.78 is 13.2. The van der Waals surface area contributed by atoms with Gasteiger partial charge in [0.15, 0.2) is 0 Å². The van der Waals surface area contributed by atoms with Crippen molar-refractivity contribution in [2.24, 2.45) is 7.05 Å². The third-order valence-electron chi connectivity index (χ3n) is 9.92. The zero-order valence-electron chi connectivity index (χ0n) is 29.4. The summed E-state index contributed by atoms with van der Waals surface area (Å²) in [5.74, 6) is 0.927. The quantitative estimate of drug-likeness (QED) is 0.185. The van der Waals surface area contributed by atoms with Crippen LogP contribution in [0, 0.1) is 0 Å². The number of hydrogen-bond acceptors (Lipinski definition) is 9. The number of H-pyrrole nitrogens is 1. The Morgan fingerprint density at radius 3 is 2.19 bits per heavy atom. The SMILES string of the molecule is COc1cc(-c2cn(C)c(=O)c3[nH]ncc23)cc(OC)c1CN1CCN(C(=O)Cc2ccc(-c3ccc(NC4CCC(=O)NC4=O)cc3)cc2)CC1. The van der Waals surface area contributed by atoms with Gasteiger partial charge in [-0.15, -0.1) is 0 Å². The Labute approximate surface area is 300 Å². The number of amides is 3. The molecule has 3 N–H and O–H groups in total. The molecule has 2 fully saturated rings. The number of aryl methyl sites for hydroxylation is 1. The van der Waals surface area contributed by atoms with E-state index in [1.165, 1.54) is 4.57 Å². The molecule has 7 rings (SSSR count). The molecule has 0 aliphatic carbocycles. The predicted molar refractivity (Wildman–Crippen MR) is 197 cm³/mol. The molecule has 3 amide bonds. The Kier molecular flexibility index (Phi) is 9.77. The maximum Gasteiger partial charge on any atom is 0.276 e. The van der Waals surface area contributed by atoms with Gasteiger partial charge in [0.1, 0.15) is 23.1 Å². The van der Waals surface area contributed by atoms with E-state index in [-0.39, 0.29) is 23.3 Å². The zero-order valence-corrected chi connectivity index (χ0v) is 29.4. The summed E-state index contributed by atoms with van der Waals surface area (Å²) in [5, 5.41) is 13.2. The molecule has 13 heteroatoms. The highest BCUT2D eigenvalue weighted by Crippen LogP contribution is 2.38. The molecule has 2 aliphatic rings. The molecule has 0 spiro atoms. The Morgan fingerprint density at radius 1 is 0.904 bits per heavy atom. The number of carbonyl (C=O) groups is 3. The molecular formula is C39H41N7O6. The first kappa shape index (κ1) is 34.5. The predicted octanol–water partition coefficient (Wildman–Crippen LogP) is 3.72. The van der Waals surface area contributed by atoms with Gasteiger partial charge in [-0.3, -0.25) is 34.5 Å². The largest absolute Gasteiger partial charge is 0.496 e. The number of rotatable bonds is 10. The van der Waals surface area contributed by atoms with E-state index < -0.39 is 6.04 Å². The van der Waals surface area contributed by atoms with Crippen molar-refractivity contribution in [2.75, 3.05) is 45.7 Å². The molecular weight excluding hydrogens is 662 g/mol. The molecule has 2 saturated heterocycles. The van der Waals surface area contributed by atoms with Gasteiger partial charge in [0.05, 0.1) is 32.4 Å². The number of carbonyl (C=O) groups excluding carboxylic acids is 3. The number of aromatic nitrogens is 3. The Bertz CT molecular complexity index is 2160. The summed E-state index contributed by atoms with van der Waals surface area (Å²) in [6.07, 6.45) is 4.57. The monoisotopic (exact) mass is 703 g/mol. The highest BCUT2D eigenvalue weighted by Gasteiger charge is 2.27. The van der Waals surface area contributed by atoms with Gasteiger partial charge in [-0.2, -0.15) is 5.10 Å². The Morgan fingerprint density at radius 2 is 1.56 bits per heavy atom. The van der Waals surface area contributed by atoms with Crippen molar-refractivity contribution in [3.63, 3.8) is 0 Å². The standard InChI is InChI=1S/C39H41N7O6/c1-44-22-30(29-21-40-43-37(29)39(44)50)27-19-33(51-2)31(34(20-27)52-3)23-45-14-16-46(17-15-45)36(48)18-24-4-6-25(7-5-24)26-8-10-28(11-9-26)41-32-12-13-35(47)42-38(32)49/h4-11,19-22,32,41H,12-18,23H2,1-3H3,(H,40,43)(H,42,47,49). The van der Waals surface area contributed by atoms with E-state index in [4.69, 9.17) is 9.47 Å². The molecule has 4 heterocycles. The molecule has 0 saturated carbocycles. The van der Waals surface area contributed by atoms with Crippen LogP contribution in [0.3, 0.4) is 0 Å². The molecule has 268 valence electrons. The molecule has 5 aromatic rings. The lowest BCUT2D eigenvalue weighted by atomic mass is 10.00. The maximum atomic E-state index is 13.3. The highest BCUT2D eigenvalue weighted by molar-refractivity contribution is 6.01. The number of benzene rings is 3. The summed E-state index contributed by atoms with van der Waals surface area (Å²) in [4.78, 5) is 53.6. The number of nitrogens with one attached hydrogen (secondary N) is 3. The van der Waals surface area contributed by atoms with Crippen LogP contribution in [-0.2, 0) is 34.4 Å². The van der Waals surface area contributed by atoms with Gasteiger partial charge in [-0.05, 0) is 52.9 Å². The minimum Gasteiger partial charge on any atom is -0.496 e. The van der Waals surface area contributed by atoms with E-state index in [1.54, 1.807) is 33.7 Å². The van der Waals surface area contributed by atoms with E-state index in [0.717, 1.165) is 44.5 Å². The van der Waals surface area contributed by atoms with Crippen molar-refractivity contribution in [3.05, 3.63) is 94.5 Å². The van der Waals surface area contributed by atoms with Crippen LogP contribution < -0.4 is 25.7 Å². The van der Waals surface area contributed by atoms with E-state index >= 15 is 0 Å². The van der Waals surface area contributed by atoms with Crippen LogP contribution in [-0.4, -0.2) is 88.7 Å². The first-order chi connectivity index (χ1) is 25.2. The minimum absolute atomic E-state index is 0.0959. The number of piperazine rings is 1. The Hall–Kier alpha value is -5.95. The second-order valence-electron chi connectivity index (χ2n) is 13.2. The van der Waals surface area contributed by atoms with E-state index in [1.807, 2.05) is 65.6 Å². The van der Waals surface area contributed by atoms with Crippen LogP contribution >= 0.6 is 0 Å². The van der Waals surface area contributed by atoms with Crippen molar-refractivity contribution in [2.45, 2.75) is 31.8 Å². The number of imide groups is 1. The summed E-state index contributed by atoms with van der Waals surface area (Å²) in [6.45, 7) is 3.26. The smallest absolute Gasteiger partial charge is 0.276 e. The van der Waals surface area contributed by atoms with Gasteiger partial charge in [0.25, 0.3) is 5.56 Å². The second-order valence-corrected chi connectivity index (χ2v) is 13.2. The summed E-state index contributed by atoms with van der Waals surface area (Å²) in [7, 11) is 4.99. The van der Waals surface area contributed by atoms with Crippen molar-refractivity contribution >= 4 is 34.3 Å². The summed E-state index contributed by atoms with van der Waals surface area (Å²) in [5.41, 5.74) is 6.71. The van der Waals surface area contributed by atoms with Crippen LogP contribution in [0.1, 0.15) is 24.0 Å². The fraction of sp³-hybridized carbons (Fsp3) is 0.308. The van der Waals surface area contributed by atoms with Crippen LogP contribution in [0.25, 0.3) is 33.2 Å². The number of methoxy groups -OCH3 is 2. The number of nitrogens with zero attached hydrogens (tertiary/aromatic N) is 4. The molecule has 2 aromatic heterocycles. The fourth-order valence-electron chi connectivity index (χ4n) is 6.95. The number of aromatic amines is 1. The van der Waals surface area contributed by atoms with Crippen LogP contribution in [0.15, 0.2) is 77.9 Å². The van der Waals surface area contributed by atoms with Gasteiger partial charge in [-0.1, -0.05) is 36.4 Å². The minimum atomic E-state index is -0.427. The van der Waals surface area contributed by atoms with Crippen LogP contribution in [0.5, 0.6) is 11.5 Å². The maximum absolute atomic E-state index is 13.3. The summed E-state index contributed by atoms with van der Waals surface area (Å²) in [6, 6.07) is 19.3. The van der Waals surface area contributed by atoms with Gasteiger partial charge < -0.3 is 24.3 Å². The number of fused-ring (bicyclic) bond motifs is 1. The van der Waals surface area contributed by atoms with Crippen molar-refractivity contribution in [1.29, 1.82) is 0 Å². The van der Waals surface area contributed by atoms with E-state index in [0.29, 0.717) is 69.0 Å². The average molecular weight is 704 g/mol. The first-order valence-electron chi connectivity index (χ1n) is 17.3. The van der Waals surface area contributed by atoms with Crippen molar-refractivity contribution in [3.8, 4) is 33.8 Å². The van der Waals surface area contributed by atoms with E-state index in [2.05, 4.69) is 25.7 Å². The highest BCUT2D eigenvalue weighted by atomic mass is 16.5. The van der Waals surface area contributed by atoms with Crippen molar-refractivity contribution < 1.29 is 23.9 Å². The van der Waals surface area contributed by atoms with Crippen LogP contribution in [0.2, 0.25) is 0 Å².